The highest BCUT2D eigenvalue weighted by molar-refractivity contribution is 7.80. The van der Waals surface area contributed by atoms with E-state index in [4.69, 9.17) is 17.6 Å². The largest absolute Gasteiger partial charge is 0.365 e. The van der Waals surface area contributed by atoms with Crippen molar-refractivity contribution in [1.29, 1.82) is 5.41 Å². The van der Waals surface area contributed by atoms with Crippen LogP contribution in [0.4, 0.5) is 5.69 Å². The average molecular weight is 264 g/mol. The van der Waals surface area contributed by atoms with Crippen LogP contribution in [0, 0.1) is 5.41 Å². The van der Waals surface area contributed by atoms with E-state index in [-0.39, 0.29) is 5.96 Å². The van der Waals surface area contributed by atoms with Crippen molar-refractivity contribution < 1.29 is 0 Å². The SMILES string of the molecule is CCc1cccc(CC)c1NC(=N)NC(=S)NC. The lowest BCUT2D eigenvalue weighted by atomic mass is 10.0. The topological polar surface area (TPSA) is 59.9 Å². The molecular formula is C13H20N4S. The van der Waals surface area contributed by atoms with Crippen molar-refractivity contribution in [3.8, 4) is 0 Å². The Morgan fingerprint density at radius 3 is 2.22 bits per heavy atom. The predicted molar refractivity (Wildman–Crippen MR) is 81.3 cm³/mol. The lowest BCUT2D eigenvalue weighted by molar-refractivity contribution is 1.08. The number of guanidine groups is 1. The maximum absolute atomic E-state index is 7.85. The quantitative estimate of drug-likeness (QED) is 0.384. The molecule has 0 heterocycles. The molecule has 0 aliphatic rings. The van der Waals surface area contributed by atoms with Crippen molar-refractivity contribution in [3.63, 3.8) is 0 Å². The van der Waals surface area contributed by atoms with Gasteiger partial charge >= 0.3 is 0 Å². The van der Waals surface area contributed by atoms with Gasteiger partial charge in [-0.15, -0.1) is 0 Å². The summed E-state index contributed by atoms with van der Waals surface area (Å²) in [6.45, 7) is 4.21. The van der Waals surface area contributed by atoms with Crippen molar-refractivity contribution >= 4 is 29.0 Å². The molecule has 1 aromatic carbocycles. The summed E-state index contributed by atoms with van der Waals surface area (Å²) >= 11 is 4.97. The third-order valence-corrected chi connectivity index (χ3v) is 3.02. The van der Waals surface area contributed by atoms with E-state index in [1.54, 1.807) is 7.05 Å². The summed E-state index contributed by atoms with van der Waals surface area (Å²) in [5, 5.41) is 16.9. The number of hydrogen-bond acceptors (Lipinski definition) is 2. The summed E-state index contributed by atoms with van der Waals surface area (Å²) in [4.78, 5) is 0. The van der Waals surface area contributed by atoms with Crippen LogP contribution < -0.4 is 16.0 Å². The molecule has 0 unspecified atom stereocenters. The molecule has 98 valence electrons. The number of aryl methyl sites for hydroxylation is 2. The molecule has 0 atom stereocenters. The smallest absolute Gasteiger partial charge is 0.199 e. The Bertz CT molecular complexity index is 420. The molecule has 0 aliphatic heterocycles. The second-order valence-electron chi connectivity index (χ2n) is 3.86. The van der Waals surface area contributed by atoms with Crippen molar-refractivity contribution in [2.24, 2.45) is 0 Å². The van der Waals surface area contributed by atoms with Gasteiger partial charge in [-0.3, -0.25) is 5.41 Å². The maximum atomic E-state index is 7.85. The third kappa shape index (κ3) is 3.70. The van der Waals surface area contributed by atoms with Crippen LogP contribution in [0.5, 0.6) is 0 Å². The fourth-order valence-corrected chi connectivity index (χ4v) is 1.84. The van der Waals surface area contributed by atoms with Gasteiger partial charge in [-0.05, 0) is 36.2 Å². The molecule has 0 bridgehead atoms. The Balaban J connectivity index is 2.88. The number of para-hydroxylation sites is 1. The van der Waals surface area contributed by atoms with Gasteiger partial charge in [0.05, 0.1) is 0 Å². The van der Waals surface area contributed by atoms with Crippen molar-refractivity contribution in [2.45, 2.75) is 26.7 Å². The van der Waals surface area contributed by atoms with E-state index >= 15 is 0 Å². The molecule has 0 saturated heterocycles. The van der Waals surface area contributed by atoms with Gasteiger partial charge < -0.3 is 16.0 Å². The highest BCUT2D eigenvalue weighted by atomic mass is 32.1. The Labute approximate surface area is 114 Å². The minimum Gasteiger partial charge on any atom is -0.365 e. The second-order valence-corrected chi connectivity index (χ2v) is 4.27. The molecule has 0 radical (unpaired) electrons. The summed E-state index contributed by atoms with van der Waals surface area (Å²) in [7, 11) is 1.72. The van der Waals surface area contributed by atoms with Crippen LogP contribution in [0.25, 0.3) is 0 Å². The van der Waals surface area contributed by atoms with E-state index in [0.29, 0.717) is 5.11 Å². The zero-order chi connectivity index (χ0) is 13.5. The number of rotatable bonds is 3. The van der Waals surface area contributed by atoms with Gasteiger partial charge in [-0.2, -0.15) is 0 Å². The van der Waals surface area contributed by atoms with E-state index in [9.17, 15) is 0 Å². The summed E-state index contributed by atoms with van der Waals surface area (Å²) in [5.74, 6) is 0.185. The molecule has 0 amide bonds. The Kier molecular flexibility index (Phi) is 5.58. The zero-order valence-corrected chi connectivity index (χ0v) is 11.9. The number of thiocarbonyl (C=S) groups is 1. The molecule has 0 spiro atoms. The highest BCUT2D eigenvalue weighted by Crippen LogP contribution is 2.22. The Morgan fingerprint density at radius 2 is 1.78 bits per heavy atom. The fourth-order valence-electron chi connectivity index (χ4n) is 1.74. The molecule has 4 N–H and O–H groups in total. The van der Waals surface area contributed by atoms with E-state index in [0.717, 1.165) is 18.5 Å². The van der Waals surface area contributed by atoms with Crippen molar-refractivity contribution in [3.05, 3.63) is 29.3 Å². The molecule has 0 aromatic heterocycles. The van der Waals surface area contributed by atoms with Crippen LogP contribution in [-0.2, 0) is 12.8 Å². The van der Waals surface area contributed by atoms with Crippen molar-refractivity contribution in [2.75, 3.05) is 12.4 Å². The first-order chi connectivity index (χ1) is 8.62. The minimum atomic E-state index is 0.185. The van der Waals surface area contributed by atoms with Crippen LogP contribution in [0.15, 0.2) is 18.2 Å². The zero-order valence-electron chi connectivity index (χ0n) is 11.1. The third-order valence-electron chi connectivity index (χ3n) is 2.71. The van der Waals surface area contributed by atoms with Gasteiger partial charge in [-0.1, -0.05) is 32.0 Å². The first-order valence-corrected chi connectivity index (χ1v) is 6.48. The summed E-state index contributed by atoms with van der Waals surface area (Å²) in [6.07, 6.45) is 1.86. The fraction of sp³-hybridized carbons (Fsp3) is 0.385. The second kappa shape index (κ2) is 6.96. The predicted octanol–water partition coefficient (Wildman–Crippen LogP) is 2.25. The van der Waals surface area contributed by atoms with Gasteiger partial charge in [0.2, 0.25) is 0 Å². The Morgan fingerprint density at radius 1 is 1.22 bits per heavy atom. The summed E-state index contributed by atoms with van der Waals surface area (Å²) < 4.78 is 0. The lowest BCUT2D eigenvalue weighted by Gasteiger charge is -2.16. The number of anilines is 1. The lowest BCUT2D eigenvalue weighted by Crippen LogP contribution is -2.40. The molecular weight excluding hydrogens is 244 g/mol. The number of hydrogen-bond donors (Lipinski definition) is 4. The van der Waals surface area contributed by atoms with Crippen LogP contribution in [0.3, 0.4) is 0 Å². The first-order valence-electron chi connectivity index (χ1n) is 6.07. The molecule has 0 aliphatic carbocycles. The molecule has 5 heteroatoms. The van der Waals surface area contributed by atoms with Crippen molar-refractivity contribution in [1.82, 2.24) is 10.6 Å². The number of nitrogens with one attached hydrogen (secondary N) is 4. The molecule has 1 aromatic rings. The normalized spacial score (nSPS) is 9.72. The van der Waals surface area contributed by atoms with E-state index in [2.05, 4.69) is 48.0 Å². The molecule has 1 rings (SSSR count). The van der Waals surface area contributed by atoms with Gasteiger partial charge in [0.1, 0.15) is 0 Å². The molecule has 18 heavy (non-hydrogen) atoms. The average Bonchev–Trinajstić information content (AvgIpc) is 2.38. The van der Waals surface area contributed by atoms with E-state index in [1.165, 1.54) is 11.1 Å². The van der Waals surface area contributed by atoms with Crippen LogP contribution in [-0.4, -0.2) is 18.1 Å². The van der Waals surface area contributed by atoms with Crippen LogP contribution in [0.1, 0.15) is 25.0 Å². The minimum absolute atomic E-state index is 0.185. The maximum Gasteiger partial charge on any atom is 0.199 e. The van der Waals surface area contributed by atoms with Crippen LogP contribution >= 0.6 is 12.2 Å². The van der Waals surface area contributed by atoms with Gasteiger partial charge in [0, 0.05) is 12.7 Å². The van der Waals surface area contributed by atoms with Gasteiger partial charge in [0.25, 0.3) is 0 Å². The highest BCUT2D eigenvalue weighted by Gasteiger charge is 2.08. The molecule has 4 nitrogen and oxygen atoms in total. The first kappa shape index (κ1) is 14.4. The molecule has 0 fully saturated rings. The van der Waals surface area contributed by atoms with Crippen LogP contribution in [0.2, 0.25) is 0 Å². The van der Waals surface area contributed by atoms with Gasteiger partial charge in [-0.25, -0.2) is 0 Å². The molecule has 0 saturated carbocycles. The van der Waals surface area contributed by atoms with E-state index < -0.39 is 0 Å². The van der Waals surface area contributed by atoms with Gasteiger partial charge in [0.15, 0.2) is 11.1 Å². The monoisotopic (exact) mass is 264 g/mol. The summed E-state index contributed by atoms with van der Waals surface area (Å²) in [6, 6.07) is 6.20. The number of benzene rings is 1. The standard InChI is InChI=1S/C13H20N4S/c1-4-9-7-6-8-10(5-2)11(9)16-12(14)17-13(18)15-3/h6-8H,4-5H2,1-3H3,(H4,14,15,16,17,18). The Hall–Kier alpha value is -1.62. The summed E-state index contributed by atoms with van der Waals surface area (Å²) in [5.41, 5.74) is 3.42. The van der Waals surface area contributed by atoms with E-state index in [1.807, 2.05) is 0 Å².